The normalized spacial score (nSPS) is 18.9. The van der Waals surface area contributed by atoms with Crippen LogP contribution in [-0.2, 0) is 0 Å². The number of thioether (sulfide) groups is 1. The van der Waals surface area contributed by atoms with E-state index in [-0.39, 0.29) is 0 Å². The highest BCUT2D eigenvalue weighted by molar-refractivity contribution is 8.15. The zero-order valence-electron chi connectivity index (χ0n) is 11.1. The molecule has 0 bridgehead atoms. The smallest absolute Gasteiger partial charge is 0.161 e. The minimum atomic E-state index is 0.607. The first-order valence-electron chi connectivity index (χ1n) is 6.40. The third kappa shape index (κ3) is 3.42. The fourth-order valence-corrected chi connectivity index (χ4v) is 2.77. The Bertz CT molecular complexity index is 414. The number of benzene rings is 1. The molecule has 4 heteroatoms. The molecule has 1 unspecified atom stereocenters. The Labute approximate surface area is 113 Å². The molecule has 0 aliphatic carbocycles. The van der Waals surface area contributed by atoms with Gasteiger partial charge in [-0.25, -0.2) is 0 Å². The van der Waals surface area contributed by atoms with Crippen LogP contribution in [0.25, 0.3) is 0 Å². The third-order valence-corrected chi connectivity index (χ3v) is 4.29. The monoisotopic (exact) mass is 264 g/mol. The van der Waals surface area contributed by atoms with Crippen LogP contribution in [0.3, 0.4) is 0 Å². The topological polar surface area (TPSA) is 33.6 Å². The van der Waals surface area contributed by atoms with Crippen LogP contribution >= 0.6 is 11.8 Å². The Hall–Kier alpha value is -1.16. The summed E-state index contributed by atoms with van der Waals surface area (Å²) in [6.45, 7) is 8.09. The maximum atomic E-state index is 5.42. The lowest BCUT2D eigenvalue weighted by molar-refractivity contribution is 0.340. The van der Waals surface area contributed by atoms with Gasteiger partial charge in [0.05, 0.1) is 13.2 Å². The first-order valence-corrected chi connectivity index (χ1v) is 7.28. The SMILES string of the molecule is CCOc1ccc(NC2=NCC(C(C)C)S2)cc1. The highest BCUT2D eigenvalue weighted by Gasteiger charge is 2.22. The molecule has 0 fully saturated rings. The minimum Gasteiger partial charge on any atom is -0.494 e. The lowest BCUT2D eigenvalue weighted by Gasteiger charge is -2.12. The van der Waals surface area contributed by atoms with E-state index in [4.69, 9.17) is 4.74 Å². The predicted molar refractivity (Wildman–Crippen MR) is 79.8 cm³/mol. The van der Waals surface area contributed by atoms with Crippen LogP contribution in [0.4, 0.5) is 5.69 Å². The van der Waals surface area contributed by atoms with Crippen molar-refractivity contribution >= 4 is 22.6 Å². The molecule has 1 aromatic carbocycles. The molecule has 0 amide bonds. The van der Waals surface area contributed by atoms with Crippen molar-refractivity contribution in [2.45, 2.75) is 26.0 Å². The van der Waals surface area contributed by atoms with Crippen LogP contribution in [0.15, 0.2) is 29.3 Å². The van der Waals surface area contributed by atoms with Gasteiger partial charge in [0.2, 0.25) is 0 Å². The first-order chi connectivity index (χ1) is 8.69. The summed E-state index contributed by atoms with van der Waals surface area (Å²) in [5.41, 5.74) is 1.06. The highest BCUT2D eigenvalue weighted by atomic mass is 32.2. The maximum Gasteiger partial charge on any atom is 0.161 e. The molecule has 1 heterocycles. The van der Waals surface area contributed by atoms with E-state index in [2.05, 4.69) is 24.2 Å². The molecule has 98 valence electrons. The van der Waals surface area contributed by atoms with Gasteiger partial charge in [0.15, 0.2) is 5.17 Å². The zero-order valence-corrected chi connectivity index (χ0v) is 12.0. The second-order valence-corrected chi connectivity index (χ2v) is 5.86. The molecule has 3 nitrogen and oxygen atoms in total. The van der Waals surface area contributed by atoms with Crippen LogP contribution in [0.2, 0.25) is 0 Å². The van der Waals surface area contributed by atoms with Gasteiger partial charge in [-0.15, -0.1) is 0 Å². The molecule has 1 aliphatic heterocycles. The van der Waals surface area contributed by atoms with E-state index in [0.29, 0.717) is 17.8 Å². The quantitative estimate of drug-likeness (QED) is 0.901. The van der Waals surface area contributed by atoms with Gasteiger partial charge in [0.25, 0.3) is 0 Å². The van der Waals surface area contributed by atoms with Crippen LogP contribution in [0, 0.1) is 5.92 Å². The van der Waals surface area contributed by atoms with Gasteiger partial charge < -0.3 is 10.1 Å². The van der Waals surface area contributed by atoms with Gasteiger partial charge in [-0.2, -0.15) is 0 Å². The van der Waals surface area contributed by atoms with Crippen molar-refractivity contribution in [1.82, 2.24) is 0 Å². The van der Waals surface area contributed by atoms with E-state index in [9.17, 15) is 0 Å². The molecule has 1 aromatic rings. The van der Waals surface area contributed by atoms with Crippen LogP contribution < -0.4 is 10.1 Å². The summed E-state index contributed by atoms with van der Waals surface area (Å²) >= 11 is 1.84. The van der Waals surface area contributed by atoms with E-state index < -0.39 is 0 Å². The fraction of sp³-hybridized carbons (Fsp3) is 0.500. The summed E-state index contributed by atoms with van der Waals surface area (Å²) in [4.78, 5) is 4.53. The number of aliphatic imine (C=N–C) groups is 1. The lowest BCUT2D eigenvalue weighted by atomic mass is 10.1. The van der Waals surface area contributed by atoms with Crippen molar-refractivity contribution in [3.63, 3.8) is 0 Å². The Kier molecular flexibility index (Phi) is 4.53. The summed E-state index contributed by atoms with van der Waals surface area (Å²) in [5.74, 6) is 1.57. The van der Waals surface area contributed by atoms with Gasteiger partial charge in [0.1, 0.15) is 5.75 Å². The largest absolute Gasteiger partial charge is 0.494 e. The molecule has 18 heavy (non-hydrogen) atoms. The Morgan fingerprint density at radius 1 is 1.39 bits per heavy atom. The third-order valence-electron chi connectivity index (χ3n) is 2.84. The maximum absolute atomic E-state index is 5.42. The molecule has 0 saturated heterocycles. The van der Waals surface area contributed by atoms with Gasteiger partial charge >= 0.3 is 0 Å². The Morgan fingerprint density at radius 3 is 2.67 bits per heavy atom. The second kappa shape index (κ2) is 6.14. The standard InChI is InChI=1S/C14H20N2OS/c1-4-17-12-7-5-11(6-8-12)16-14-15-9-13(18-14)10(2)3/h5-8,10,13H,4,9H2,1-3H3,(H,15,16). The van der Waals surface area contributed by atoms with E-state index in [1.54, 1.807) is 0 Å². The van der Waals surface area contributed by atoms with Crippen molar-refractivity contribution < 1.29 is 4.74 Å². The van der Waals surface area contributed by atoms with Crippen molar-refractivity contribution in [3.8, 4) is 5.75 Å². The van der Waals surface area contributed by atoms with Gasteiger partial charge in [0, 0.05) is 10.9 Å². The van der Waals surface area contributed by atoms with Crippen molar-refractivity contribution in [2.24, 2.45) is 10.9 Å². The minimum absolute atomic E-state index is 0.607. The molecular weight excluding hydrogens is 244 g/mol. The van der Waals surface area contributed by atoms with Crippen molar-refractivity contribution in [3.05, 3.63) is 24.3 Å². The summed E-state index contributed by atoms with van der Waals surface area (Å²) in [7, 11) is 0. The molecule has 1 aliphatic rings. The Morgan fingerprint density at radius 2 is 2.11 bits per heavy atom. The summed E-state index contributed by atoms with van der Waals surface area (Å²) in [6.07, 6.45) is 0. The van der Waals surface area contributed by atoms with Crippen molar-refractivity contribution in [2.75, 3.05) is 18.5 Å². The van der Waals surface area contributed by atoms with Gasteiger partial charge in [-0.05, 0) is 37.1 Å². The first kappa shape index (κ1) is 13.3. The number of anilines is 1. The average molecular weight is 264 g/mol. The number of amidine groups is 1. The molecule has 1 N–H and O–H groups in total. The van der Waals surface area contributed by atoms with E-state index in [1.807, 2.05) is 43.0 Å². The van der Waals surface area contributed by atoms with E-state index >= 15 is 0 Å². The second-order valence-electron chi connectivity index (χ2n) is 4.63. The molecule has 0 aromatic heterocycles. The van der Waals surface area contributed by atoms with Gasteiger partial charge in [-0.3, -0.25) is 4.99 Å². The van der Waals surface area contributed by atoms with Crippen LogP contribution in [-0.4, -0.2) is 23.6 Å². The number of nitrogens with zero attached hydrogens (tertiary/aromatic N) is 1. The van der Waals surface area contributed by atoms with Crippen LogP contribution in [0.1, 0.15) is 20.8 Å². The predicted octanol–water partition coefficient (Wildman–Crippen LogP) is 3.62. The number of rotatable bonds is 4. The average Bonchev–Trinajstić information content (AvgIpc) is 2.81. The summed E-state index contributed by atoms with van der Waals surface area (Å²) in [6, 6.07) is 8.01. The Balaban J connectivity index is 1.90. The number of hydrogen-bond donors (Lipinski definition) is 1. The number of nitrogens with one attached hydrogen (secondary N) is 1. The molecule has 2 rings (SSSR count). The summed E-state index contributed by atoms with van der Waals surface area (Å²) < 4.78 is 5.42. The highest BCUT2D eigenvalue weighted by Crippen LogP contribution is 2.28. The molecular formula is C14H20N2OS. The van der Waals surface area contributed by atoms with E-state index in [0.717, 1.165) is 23.1 Å². The van der Waals surface area contributed by atoms with E-state index in [1.165, 1.54) is 0 Å². The van der Waals surface area contributed by atoms with Crippen molar-refractivity contribution in [1.29, 1.82) is 0 Å². The number of hydrogen-bond acceptors (Lipinski definition) is 4. The molecule has 0 spiro atoms. The van der Waals surface area contributed by atoms with Crippen LogP contribution in [0.5, 0.6) is 5.75 Å². The lowest BCUT2D eigenvalue weighted by Crippen LogP contribution is -2.13. The zero-order chi connectivity index (χ0) is 13.0. The molecule has 1 atom stereocenters. The molecule has 0 radical (unpaired) electrons. The summed E-state index contributed by atoms with van der Waals surface area (Å²) in [5, 5.41) is 4.98. The van der Waals surface area contributed by atoms with Gasteiger partial charge in [-0.1, -0.05) is 25.6 Å². The number of ether oxygens (including phenoxy) is 1. The molecule has 0 saturated carbocycles. The fourth-order valence-electron chi connectivity index (χ4n) is 1.73.